The summed E-state index contributed by atoms with van der Waals surface area (Å²) in [6, 6.07) is 5.73. The molecular formula is C23H26O6. The largest absolute Gasteiger partial charge is 0.507 e. The van der Waals surface area contributed by atoms with Crippen LogP contribution in [0, 0.1) is 19.8 Å². The molecule has 4 N–H and O–H groups in total. The first-order valence-corrected chi connectivity index (χ1v) is 9.84. The van der Waals surface area contributed by atoms with Crippen molar-refractivity contribution in [3.63, 3.8) is 0 Å². The van der Waals surface area contributed by atoms with Crippen molar-refractivity contribution in [3.8, 4) is 11.5 Å². The standard InChI is InChI=1S/C23H26O6/c1-12-8-15(22(26)27)10-17(20(12)24)19(14-6-4-3-5-7-14)18-11-16(23(28)29)9-13(2)21(18)25/h8-11,14,19,24-25H,3-7H2,1-2H3,(H,26,27)(H,28,29). The number of phenols is 2. The molecule has 0 spiro atoms. The quantitative estimate of drug-likeness (QED) is 0.574. The zero-order valence-corrected chi connectivity index (χ0v) is 16.6. The van der Waals surface area contributed by atoms with E-state index in [9.17, 15) is 30.0 Å². The van der Waals surface area contributed by atoms with Crippen LogP contribution in [0.2, 0.25) is 0 Å². The zero-order valence-electron chi connectivity index (χ0n) is 16.6. The first kappa shape index (κ1) is 20.7. The first-order chi connectivity index (χ1) is 13.7. The van der Waals surface area contributed by atoms with Gasteiger partial charge in [0.1, 0.15) is 11.5 Å². The van der Waals surface area contributed by atoms with E-state index < -0.39 is 17.9 Å². The van der Waals surface area contributed by atoms with Crippen molar-refractivity contribution < 1.29 is 30.0 Å². The van der Waals surface area contributed by atoms with Gasteiger partial charge in [-0.05, 0) is 68.0 Å². The highest BCUT2D eigenvalue weighted by Crippen LogP contribution is 2.47. The van der Waals surface area contributed by atoms with Gasteiger partial charge in [-0.15, -0.1) is 0 Å². The predicted octanol–water partition coefficient (Wildman–Crippen LogP) is 4.82. The van der Waals surface area contributed by atoms with Gasteiger partial charge in [0.25, 0.3) is 0 Å². The fraction of sp³-hybridized carbons (Fsp3) is 0.391. The Balaban J connectivity index is 2.28. The van der Waals surface area contributed by atoms with Gasteiger partial charge in [-0.25, -0.2) is 9.59 Å². The molecule has 0 heterocycles. The minimum atomic E-state index is -1.10. The molecule has 0 aromatic heterocycles. The Labute approximate surface area is 169 Å². The van der Waals surface area contributed by atoms with Crippen LogP contribution in [0.1, 0.15) is 81.0 Å². The van der Waals surface area contributed by atoms with Crippen LogP contribution in [0.15, 0.2) is 24.3 Å². The number of hydrogen-bond acceptors (Lipinski definition) is 4. The second kappa shape index (κ2) is 8.15. The van der Waals surface area contributed by atoms with Crippen molar-refractivity contribution in [2.75, 3.05) is 0 Å². The van der Waals surface area contributed by atoms with E-state index in [1.165, 1.54) is 24.3 Å². The van der Waals surface area contributed by atoms with Crippen LogP contribution in [-0.2, 0) is 0 Å². The van der Waals surface area contributed by atoms with Crippen molar-refractivity contribution in [3.05, 3.63) is 57.6 Å². The molecule has 0 bridgehead atoms. The van der Waals surface area contributed by atoms with Crippen LogP contribution in [0.4, 0.5) is 0 Å². The summed E-state index contributed by atoms with van der Waals surface area (Å²) in [5, 5.41) is 40.6. The Bertz CT molecular complexity index is 887. The highest BCUT2D eigenvalue weighted by molar-refractivity contribution is 5.89. The van der Waals surface area contributed by atoms with Crippen molar-refractivity contribution >= 4 is 11.9 Å². The summed E-state index contributed by atoms with van der Waals surface area (Å²) in [4.78, 5) is 23.2. The normalized spacial score (nSPS) is 14.9. The molecule has 154 valence electrons. The molecule has 29 heavy (non-hydrogen) atoms. The number of phenolic OH excluding ortho intramolecular Hbond substituents is 2. The number of carboxylic acid groups (broad SMARTS) is 2. The van der Waals surface area contributed by atoms with Gasteiger partial charge in [-0.3, -0.25) is 0 Å². The number of aryl methyl sites for hydroxylation is 2. The SMILES string of the molecule is Cc1cc(C(=O)O)cc(C(c2cc(C(=O)O)cc(C)c2O)C2CCCCC2)c1O. The topological polar surface area (TPSA) is 115 Å². The smallest absolute Gasteiger partial charge is 0.335 e. The Morgan fingerprint density at radius 1 is 0.793 bits per heavy atom. The molecule has 6 heteroatoms. The van der Waals surface area contributed by atoms with Gasteiger partial charge < -0.3 is 20.4 Å². The van der Waals surface area contributed by atoms with Crippen molar-refractivity contribution in [2.24, 2.45) is 5.92 Å². The predicted molar refractivity (Wildman–Crippen MR) is 108 cm³/mol. The van der Waals surface area contributed by atoms with E-state index in [1.54, 1.807) is 13.8 Å². The van der Waals surface area contributed by atoms with E-state index in [-0.39, 0.29) is 28.5 Å². The van der Waals surface area contributed by atoms with Gasteiger partial charge in [0.05, 0.1) is 11.1 Å². The van der Waals surface area contributed by atoms with Crippen LogP contribution in [0.25, 0.3) is 0 Å². The van der Waals surface area contributed by atoms with Crippen LogP contribution >= 0.6 is 0 Å². The van der Waals surface area contributed by atoms with Crippen molar-refractivity contribution in [1.82, 2.24) is 0 Å². The molecular weight excluding hydrogens is 372 g/mol. The molecule has 6 nitrogen and oxygen atoms in total. The third kappa shape index (κ3) is 4.06. The number of aromatic hydroxyl groups is 2. The lowest BCUT2D eigenvalue weighted by Gasteiger charge is -2.33. The molecule has 0 aliphatic heterocycles. The number of carbonyl (C=O) groups is 2. The molecule has 1 aliphatic carbocycles. The second-order valence-electron chi connectivity index (χ2n) is 7.95. The average Bonchev–Trinajstić information content (AvgIpc) is 2.68. The number of benzene rings is 2. The number of hydrogen-bond donors (Lipinski definition) is 4. The summed E-state index contributed by atoms with van der Waals surface area (Å²) in [6.07, 6.45) is 4.81. The monoisotopic (exact) mass is 398 g/mol. The summed E-state index contributed by atoms with van der Waals surface area (Å²) in [5.74, 6) is -2.65. The van der Waals surface area contributed by atoms with E-state index in [1.807, 2.05) is 0 Å². The average molecular weight is 398 g/mol. The fourth-order valence-corrected chi connectivity index (χ4v) is 4.48. The third-order valence-corrected chi connectivity index (χ3v) is 5.95. The molecule has 0 saturated heterocycles. The molecule has 3 rings (SSSR count). The van der Waals surface area contributed by atoms with Crippen molar-refractivity contribution in [1.29, 1.82) is 0 Å². The van der Waals surface area contributed by atoms with Gasteiger partial charge in [-0.1, -0.05) is 19.3 Å². The number of rotatable bonds is 5. The lowest BCUT2D eigenvalue weighted by molar-refractivity contribution is 0.0686. The van der Waals surface area contributed by atoms with Gasteiger partial charge in [0.15, 0.2) is 0 Å². The summed E-state index contributed by atoms with van der Waals surface area (Å²) >= 11 is 0. The first-order valence-electron chi connectivity index (χ1n) is 9.84. The molecule has 2 aromatic rings. The fourth-order valence-electron chi connectivity index (χ4n) is 4.48. The van der Waals surface area contributed by atoms with E-state index in [0.717, 1.165) is 32.1 Å². The molecule has 1 fully saturated rings. The van der Waals surface area contributed by atoms with Crippen LogP contribution in [0.5, 0.6) is 11.5 Å². The third-order valence-electron chi connectivity index (χ3n) is 5.95. The molecule has 0 atom stereocenters. The molecule has 0 radical (unpaired) electrons. The van der Waals surface area contributed by atoms with E-state index in [0.29, 0.717) is 22.3 Å². The molecule has 0 amide bonds. The zero-order chi connectivity index (χ0) is 21.3. The van der Waals surface area contributed by atoms with E-state index >= 15 is 0 Å². The molecule has 1 saturated carbocycles. The maximum absolute atomic E-state index is 11.6. The van der Waals surface area contributed by atoms with Gasteiger partial charge >= 0.3 is 11.9 Å². The lowest BCUT2D eigenvalue weighted by Crippen LogP contribution is -2.19. The van der Waals surface area contributed by atoms with Gasteiger partial charge in [0.2, 0.25) is 0 Å². The van der Waals surface area contributed by atoms with Crippen LogP contribution in [0.3, 0.4) is 0 Å². The second-order valence-corrected chi connectivity index (χ2v) is 7.95. The van der Waals surface area contributed by atoms with Gasteiger partial charge in [-0.2, -0.15) is 0 Å². The lowest BCUT2D eigenvalue weighted by atomic mass is 9.72. The summed E-state index contributed by atoms with van der Waals surface area (Å²) in [5.41, 5.74) is 1.83. The van der Waals surface area contributed by atoms with E-state index in [4.69, 9.17) is 0 Å². The molecule has 2 aromatic carbocycles. The summed E-state index contributed by atoms with van der Waals surface area (Å²) in [6.45, 7) is 3.28. The molecule has 1 aliphatic rings. The summed E-state index contributed by atoms with van der Waals surface area (Å²) in [7, 11) is 0. The minimum absolute atomic E-state index is 0.0108. The van der Waals surface area contributed by atoms with Crippen molar-refractivity contribution in [2.45, 2.75) is 51.9 Å². The minimum Gasteiger partial charge on any atom is -0.507 e. The number of aromatic carboxylic acids is 2. The Hall–Kier alpha value is -3.02. The highest BCUT2D eigenvalue weighted by atomic mass is 16.4. The maximum atomic E-state index is 11.6. The van der Waals surface area contributed by atoms with E-state index in [2.05, 4.69) is 0 Å². The Morgan fingerprint density at radius 3 is 1.59 bits per heavy atom. The number of carboxylic acids is 2. The van der Waals surface area contributed by atoms with Crippen LogP contribution in [-0.4, -0.2) is 32.4 Å². The Morgan fingerprint density at radius 2 is 1.21 bits per heavy atom. The van der Waals surface area contributed by atoms with Crippen LogP contribution < -0.4 is 0 Å². The maximum Gasteiger partial charge on any atom is 0.335 e. The summed E-state index contributed by atoms with van der Waals surface area (Å²) < 4.78 is 0. The molecule has 0 unspecified atom stereocenters. The highest BCUT2D eigenvalue weighted by Gasteiger charge is 2.32. The van der Waals surface area contributed by atoms with Gasteiger partial charge in [0, 0.05) is 17.0 Å². The Kier molecular flexibility index (Phi) is 5.82.